The summed E-state index contributed by atoms with van der Waals surface area (Å²) in [5, 5.41) is 5.79. The van der Waals surface area contributed by atoms with Gasteiger partial charge in [0.05, 0.1) is 12.7 Å². The van der Waals surface area contributed by atoms with Gasteiger partial charge in [0.2, 0.25) is 0 Å². The van der Waals surface area contributed by atoms with Gasteiger partial charge in [0, 0.05) is 25.4 Å². The Bertz CT molecular complexity index is 431. The first kappa shape index (κ1) is 14.8. The molecule has 110 valence electrons. The molecule has 1 heterocycles. The summed E-state index contributed by atoms with van der Waals surface area (Å²) in [7, 11) is 1.78. The van der Waals surface area contributed by atoms with Gasteiger partial charge in [-0.05, 0) is 25.0 Å². The minimum absolute atomic E-state index is 0.0869. The minimum atomic E-state index is -0.0869. The van der Waals surface area contributed by atoms with Crippen LogP contribution in [0.4, 0.5) is 5.82 Å². The van der Waals surface area contributed by atoms with Gasteiger partial charge in [0.25, 0.3) is 5.91 Å². The first-order valence-electron chi connectivity index (χ1n) is 7.33. The Kier molecular flexibility index (Phi) is 5.80. The normalized spacial score (nSPS) is 15.8. The molecule has 1 aromatic rings. The number of anilines is 1. The van der Waals surface area contributed by atoms with Crippen molar-refractivity contribution in [3.05, 3.63) is 23.9 Å². The highest BCUT2D eigenvalue weighted by Crippen LogP contribution is 2.19. The molecule has 0 aliphatic heterocycles. The van der Waals surface area contributed by atoms with E-state index in [-0.39, 0.29) is 5.91 Å². The molecule has 1 aliphatic rings. The number of nitrogens with one attached hydrogen (secondary N) is 2. The molecule has 1 aliphatic carbocycles. The van der Waals surface area contributed by atoms with Gasteiger partial charge in [-0.15, -0.1) is 0 Å². The van der Waals surface area contributed by atoms with Crippen molar-refractivity contribution in [1.29, 1.82) is 0 Å². The number of aromatic nitrogens is 1. The topological polar surface area (TPSA) is 63.2 Å². The summed E-state index contributed by atoms with van der Waals surface area (Å²) < 4.78 is 5.77. The number of hydrogen-bond donors (Lipinski definition) is 2. The smallest absolute Gasteiger partial charge is 0.251 e. The quantitative estimate of drug-likeness (QED) is 0.783. The summed E-state index contributed by atoms with van der Waals surface area (Å²) in [6.07, 6.45) is 8.18. The highest BCUT2D eigenvalue weighted by Gasteiger charge is 2.13. The molecule has 0 aromatic carbocycles. The zero-order valence-electron chi connectivity index (χ0n) is 12.0. The van der Waals surface area contributed by atoms with Gasteiger partial charge in [0.1, 0.15) is 5.82 Å². The number of ether oxygens (including phenoxy) is 1. The molecule has 1 aromatic heterocycles. The maximum Gasteiger partial charge on any atom is 0.251 e. The second-order valence-corrected chi connectivity index (χ2v) is 5.07. The fourth-order valence-corrected chi connectivity index (χ4v) is 2.43. The number of carbonyl (C=O) groups excluding carboxylic acids is 1. The highest BCUT2D eigenvalue weighted by atomic mass is 16.5. The molecule has 0 unspecified atom stereocenters. The van der Waals surface area contributed by atoms with Crippen molar-refractivity contribution in [2.24, 2.45) is 0 Å². The van der Waals surface area contributed by atoms with Crippen LogP contribution in [0, 0.1) is 0 Å². The van der Waals surface area contributed by atoms with Crippen LogP contribution < -0.4 is 10.6 Å². The van der Waals surface area contributed by atoms with Crippen LogP contribution in [0.2, 0.25) is 0 Å². The lowest BCUT2D eigenvalue weighted by Gasteiger charge is -2.22. The van der Waals surface area contributed by atoms with E-state index in [0.717, 1.165) is 12.8 Å². The van der Waals surface area contributed by atoms with Crippen LogP contribution in [0.1, 0.15) is 42.5 Å². The summed E-state index contributed by atoms with van der Waals surface area (Å²) in [6.45, 7) is 1.13. The van der Waals surface area contributed by atoms with E-state index in [4.69, 9.17) is 4.74 Å². The fourth-order valence-electron chi connectivity index (χ4n) is 2.43. The van der Waals surface area contributed by atoms with Gasteiger partial charge in [-0.3, -0.25) is 4.79 Å². The standard InChI is InChI=1S/C15H23N3O2/c1-16-14-11-12(7-8-17-14)15(19)18-9-10-20-13-5-3-2-4-6-13/h7-8,11,13H,2-6,9-10H2,1H3,(H,16,17)(H,18,19). The summed E-state index contributed by atoms with van der Waals surface area (Å²) >= 11 is 0. The first-order chi connectivity index (χ1) is 9.79. The predicted molar refractivity (Wildman–Crippen MR) is 78.9 cm³/mol. The number of rotatable bonds is 6. The third kappa shape index (κ3) is 4.49. The molecule has 2 N–H and O–H groups in total. The van der Waals surface area contributed by atoms with Gasteiger partial charge < -0.3 is 15.4 Å². The van der Waals surface area contributed by atoms with E-state index in [1.807, 2.05) is 0 Å². The Morgan fingerprint density at radius 1 is 1.40 bits per heavy atom. The molecule has 0 spiro atoms. The highest BCUT2D eigenvalue weighted by molar-refractivity contribution is 5.94. The third-order valence-corrected chi connectivity index (χ3v) is 3.57. The average Bonchev–Trinajstić information content (AvgIpc) is 2.52. The van der Waals surface area contributed by atoms with Crippen molar-refractivity contribution in [3.8, 4) is 0 Å². The van der Waals surface area contributed by atoms with E-state index < -0.39 is 0 Å². The van der Waals surface area contributed by atoms with Crippen LogP contribution in [0.3, 0.4) is 0 Å². The van der Waals surface area contributed by atoms with Crippen LogP contribution in [-0.4, -0.2) is 37.2 Å². The molecule has 2 rings (SSSR count). The molecule has 20 heavy (non-hydrogen) atoms. The molecule has 5 heteroatoms. The average molecular weight is 277 g/mol. The summed E-state index contributed by atoms with van der Waals surface area (Å²) in [5.41, 5.74) is 0.613. The van der Waals surface area contributed by atoms with Crippen molar-refractivity contribution in [1.82, 2.24) is 10.3 Å². The van der Waals surface area contributed by atoms with E-state index in [0.29, 0.717) is 30.6 Å². The Morgan fingerprint density at radius 3 is 2.95 bits per heavy atom. The molecule has 5 nitrogen and oxygen atoms in total. The monoisotopic (exact) mass is 277 g/mol. The molecule has 1 amide bonds. The maximum absolute atomic E-state index is 11.9. The van der Waals surface area contributed by atoms with Gasteiger partial charge >= 0.3 is 0 Å². The molecule has 1 fully saturated rings. The van der Waals surface area contributed by atoms with Crippen LogP contribution >= 0.6 is 0 Å². The van der Waals surface area contributed by atoms with E-state index in [1.54, 1.807) is 25.4 Å². The lowest BCUT2D eigenvalue weighted by Crippen LogP contribution is -2.29. The summed E-state index contributed by atoms with van der Waals surface area (Å²) in [5.74, 6) is 0.604. The Labute approximate surface area is 120 Å². The third-order valence-electron chi connectivity index (χ3n) is 3.57. The molecule has 0 saturated heterocycles. The lowest BCUT2D eigenvalue weighted by atomic mass is 9.98. The maximum atomic E-state index is 11.9. The van der Waals surface area contributed by atoms with Crippen LogP contribution in [-0.2, 0) is 4.74 Å². The Balaban J connectivity index is 1.69. The van der Waals surface area contributed by atoms with Crippen molar-refractivity contribution in [3.63, 3.8) is 0 Å². The fraction of sp³-hybridized carbons (Fsp3) is 0.600. The van der Waals surface area contributed by atoms with Gasteiger partial charge in [-0.1, -0.05) is 19.3 Å². The van der Waals surface area contributed by atoms with Crippen molar-refractivity contribution in [2.75, 3.05) is 25.5 Å². The van der Waals surface area contributed by atoms with Gasteiger partial charge in [-0.2, -0.15) is 0 Å². The number of amides is 1. The molecular formula is C15H23N3O2. The SMILES string of the molecule is CNc1cc(C(=O)NCCOC2CCCCC2)ccn1. The Morgan fingerprint density at radius 2 is 2.20 bits per heavy atom. The molecule has 0 atom stereocenters. The zero-order valence-corrected chi connectivity index (χ0v) is 12.0. The van der Waals surface area contributed by atoms with E-state index in [2.05, 4.69) is 15.6 Å². The molecule has 1 saturated carbocycles. The van der Waals surface area contributed by atoms with Crippen LogP contribution in [0.25, 0.3) is 0 Å². The van der Waals surface area contributed by atoms with Gasteiger partial charge in [0.15, 0.2) is 0 Å². The van der Waals surface area contributed by atoms with Crippen molar-refractivity contribution >= 4 is 11.7 Å². The van der Waals surface area contributed by atoms with Crippen LogP contribution in [0.5, 0.6) is 0 Å². The first-order valence-corrected chi connectivity index (χ1v) is 7.33. The van der Waals surface area contributed by atoms with Crippen molar-refractivity contribution < 1.29 is 9.53 Å². The second-order valence-electron chi connectivity index (χ2n) is 5.07. The molecular weight excluding hydrogens is 254 g/mol. The minimum Gasteiger partial charge on any atom is -0.376 e. The van der Waals surface area contributed by atoms with Crippen LogP contribution in [0.15, 0.2) is 18.3 Å². The molecule has 0 bridgehead atoms. The van der Waals surface area contributed by atoms with E-state index >= 15 is 0 Å². The summed E-state index contributed by atoms with van der Waals surface area (Å²) in [6, 6.07) is 3.44. The zero-order chi connectivity index (χ0) is 14.2. The largest absolute Gasteiger partial charge is 0.376 e. The number of hydrogen-bond acceptors (Lipinski definition) is 4. The number of nitrogens with zero attached hydrogens (tertiary/aromatic N) is 1. The molecule has 0 radical (unpaired) electrons. The Hall–Kier alpha value is -1.62. The van der Waals surface area contributed by atoms with Gasteiger partial charge in [-0.25, -0.2) is 4.98 Å². The number of pyridine rings is 1. The predicted octanol–water partition coefficient (Wildman–Crippen LogP) is 2.20. The van der Waals surface area contributed by atoms with E-state index in [1.165, 1.54) is 19.3 Å². The number of carbonyl (C=O) groups is 1. The van der Waals surface area contributed by atoms with Crippen molar-refractivity contribution in [2.45, 2.75) is 38.2 Å². The van der Waals surface area contributed by atoms with E-state index in [9.17, 15) is 4.79 Å². The summed E-state index contributed by atoms with van der Waals surface area (Å²) in [4.78, 5) is 16.0. The second kappa shape index (κ2) is 7.85. The lowest BCUT2D eigenvalue weighted by molar-refractivity contribution is 0.0299.